The molecule has 1 aromatic rings. The topological polar surface area (TPSA) is 61.2 Å². The number of ether oxygens (including phenoxy) is 1. The third-order valence-corrected chi connectivity index (χ3v) is 5.86. The zero-order valence-electron chi connectivity index (χ0n) is 8.89. The third kappa shape index (κ3) is 2.10. The minimum atomic E-state index is -2.92. The Hall–Kier alpha value is -0.560. The molecule has 0 N–H and O–H groups in total. The highest BCUT2D eigenvalue weighted by atomic mass is 79.9. The number of hydrogen-bond donors (Lipinski definition) is 0. The quantitative estimate of drug-likeness (QED) is 0.842. The summed E-state index contributed by atoms with van der Waals surface area (Å²) in [6.45, 7) is 0.395. The normalized spacial score (nSPS) is 23.5. The fourth-order valence-corrected chi connectivity index (χ4v) is 4.17. The highest BCUT2D eigenvalue weighted by Gasteiger charge is 2.32. The second kappa shape index (κ2) is 4.37. The minimum absolute atomic E-state index is 0.299. The lowest BCUT2D eigenvalue weighted by molar-refractivity contribution is 0.410. The highest BCUT2D eigenvalue weighted by Crippen LogP contribution is 2.27. The first-order chi connectivity index (χ1) is 7.54. The van der Waals surface area contributed by atoms with Crippen LogP contribution in [-0.4, -0.2) is 36.3 Å². The zero-order valence-corrected chi connectivity index (χ0v) is 11.3. The predicted molar refractivity (Wildman–Crippen MR) is 63.3 cm³/mol. The van der Waals surface area contributed by atoms with E-state index in [2.05, 4.69) is 21.0 Å². The average molecular weight is 309 g/mol. The molecular weight excluding hydrogens is 296 g/mol. The van der Waals surface area contributed by atoms with Gasteiger partial charge >= 0.3 is 0 Å². The number of rotatable bonds is 3. The molecule has 1 aromatic heterocycles. The number of nitrogens with zero attached hydrogens (tertiary/aromatic N) is 2. The van der Waals surface area contributed by atoms with Gasteiger partial charge in [-0.2, -0.15) is 5.10 Å². The zero-order chi connectivity index (χ0) is 11.8. The van der Waals surface area contributed by atoms with Gasteiger partial charge in [0, 0.05) is 0 Å². The van der Waals surface area contributed by atoms with Crippen molar-refractivity contribution in [1.82, 2.24) is 9.78 Å². The number of sulfone groups is 1. The van der Waals surface area contributed by atoms with Crippen LogP contribution < -0.4 is 4.74 Å². The van der Waals surface area contributed by atoms with Crippen LogP contribution >= 0.6 is 15.9 Å². The molecule has 7 heteroatoms. The van der Waals surface area contributed by atoms with Crippen LogP contribution in [0.15, 0.2) is 10.8 Å². The molecule has 1 atom stereocenters. The van der Waals surface area contributed by atoms with Gasteiger partial charge in [-0.3, -0.25) is 4.68 Å². The molecule has 2 rings (SSSR count). The van der Waals surface area contributed by atoms with Crippen molar-refractivity contribution in [3.63, 3.8) is 0 Å². The van der Waals surface area contributed by atoms with Gasteiger partial charge in [0.2, 0.25) is 0 Å². The van der Waals surface area contributed by atoms with Crippen molar-refractivity contribution < 1.29 is 13.2 Å². The third-order valence-electron chi connectivity index (χ3n) is 2.80. The molecule has 5 nitrogen and oxygen atoms in total. The van der Waals surface area contributed by atoms with E-state index in [0.717, 1.165) is 12.8 Å². The summed E-state index contributed by atoms with van der Waals surface area (Å²) in [6.07, 6.45) is 3.05. The Morgan fingerprint density at radius 1 is 1.69 bits per heavy atom. The smallest absolute Gasteiger partial charge is 0.171 e. The standard InChI is InChI=1S/C9H13BrN2O3S/c1-15-8-5-11-12(9(8)10)6-7-3-2-4-16(7,13)14/h5,7H,2-4,6H2,1H3. The van der Waals surface area contributed by atoms with Crippen molar-refractivity contribution in [3.8, 4) is 5.75 Å². The van der Waals surface area contributed by atoms with E-state index in [4.69, 9.17) is 4.74 Å². The van der Waals surface area contributed by atoms with E-state index in [1.807, 2.05) is 0 Å². The summed E-state index contributed by atoms with van der Waals surface area (Å²) in [5.74, 6) is 0.920. The predicted octanol–water partition coefficient (Wildman–Crippen LogP) is 1.23. The molecule has 16 heavy (non-hydrogen) atoms. The molecule has 1 saturated heterocycles. The van der Waals surface area contributed by atoms with Crippen LogP contribution in [0.25, 0.3) is 0 Å². The minimum Gasteiger partial charge on any atom is -0.492 e. The van der Waals surface area contributed by atoms with Gasteiger partial charge < -0.3 is 4.74 Å². The van der Waals surface area contributed by atoms with Crippen molar-refractivity contribution in [3.05, 3.63) is 10.8 Å². The Labute approximate surface area is 103 Å². The van der Waals surface area contributed by atoms with E-state index >= 15 is 0 Å². The fraction of sp³-hybridized carbons (Fsp3) is 0.667. The molecule has 0 spiro atoms. The second-order valence-corrected chi connectivity index (χ2v) is 6.97. The van der Waals surface area contributed by atoms with Gasteiger partial charge in [-0.05, 0) is 28.8 Å². The Bertz CT molecular complexity index is 483. The summed E-state index contributed by atoms with van der Waals surface area (Å²) in [4.78, 5) is 0. The molecule has 1 fully saturated rings. The number of hydrogen-bond acceptors (Lipinski definition) is 4. The lowest BCUT2D eigenvalue weighted by atomic mass is 10.2. The van der Waals surface area contributed by atoms with Crippen molar-refractivity contribution >= 4 is 25.8 Å². The van der Waals surface area contributed by atoms with E-state index in [1.165, 1.54) is 0 Å². The molecule has 1 aliphatic heterocycles. The van der Waals surface area contributed by atoms with Crippen LogP contribution in [-0.2, 0) is 16.4 Å². The lowest BCUT2D eigenvalue weighted by Crippen LogP contribution is -2.22. The molecule has 2 heterocycles. The molecule has 0 saturated carbocycles. The van der Waals surface area contributed by atoms with Crippen molar-refractivity contribution in [1.29, 1.82) is 0 Å². The van der Waals surface area contributed by atoms with Gasteiger partial charge in [0.05, 0.1) is 30.9 Å². The van der Waals surface area contributed by atoms with E-state index in [9.17, 15) is 8.42 Å². The van der Waals surface area contributed by atoms with Crippen LogP contribution in [0.4, 0.5) is 0 Å². The summed E-state index contributed by atoms with van der Waals surface area (Å²) in [5.41, 5.74) is 0. The molecule has 0 amide bonds. The van der Waals surface area contributed by atoms with Crippen molar-refractivity contribution in [2.24, 2.45) is 0 Å². The van der Waals surface area contributed by atoms with Crippen molar-refractivity contribution in [2.75, 3.05) is 12.9 Å². The van der Waals surface area contributed by atoms with Crippen LogP contribution in [0.1, 0.15) is 12.8 Å². The van der Waals surface area contributed by atoms with E-state index in [-0.39, 0.29) is 5.25 Å². The maximum atomic E-state index is 11.7. The molecule has 0 bridgehead atoms. The summed E-state index contributed by atoms with van der Waals surface area (Å²) >= 11 is 3.34. The fourth-order valence-electron chi connectivity index (χ4n) is 1.87. The van der Waals surface area contributed by atoms with Crippen LogP contribution in [0.2, 0.25) is 0 Å². The molecule has 90 valence electrons. The molecule has 0 radical (unpaired) electrons. The second-order valence-electron chi connectivity index (χ2n) is 3.82. The van der Waals surface area contributed by atoms with E-state index in [1.54, 1.807) is 18.0 Å². The van der Waals surface area contributed by atoms with Gasteiger partial charge in [0.1, 0.15) is 4.60 Å². The largest absolute Gasteiger partial charge is 0.492 e. The van der Waals surface area contributed by atoms with Crippen LogP contribution in [0.3, 0.4) is 0 Å². The monoisotopic (exact) mass is 308 g/mol. The molecular formula is C9H13BrN2O3S. The Morgan fingerprint density at radius 3 is 2.94 bits per heavy atom. The number of aromatic nitrogens is 2. The first-order valence-electron chi connectivity index (χ1n) is 5.01. The Kier molecular flexibility index (Phi) is 3.25. The summed E-state index contributed by atoms with van der Waals surface area (Å²) in [6, 6.07) is 0. The first-order valence-corrected chi connectivity index (χ1v) is 7.52. The van der Waals surface area contributed by atoms with Crippen LogP contribution in [0, 0.1) is 0 Å². The van der Waals surface area contributed by atoms with Gasteiger partial charge in [0.25, 0.3) is 0 Å². The summed E-state index contributed by atoms with van der Waals surface area (Å²) < 4.78 is 30.7. The Balaban J connectivity index is 2.18. The van der Waals surface area contributed by atoms with Gasteiger partial charge in [-0.1, -0.05) is 0 Å². The first kappa shape index (κ1) is 11.9. The molecule has 1 unspecified atom stereocenters. The maximum absolute atomic E-state index is 11.7. The average Bonchev–Trinajstić information content (AvgIpc) is 2.73. The number of halogens is 1. The summed E-state index contributed by atoms with van der Waals surface area (Å²) in [5, 5.41) is 3.78. The maximum Gasteiger partial charge on any atom is 0.171 e. The van der Waals surface area contributed by atoms with Crippen LogP contribution in [0.5, 0.6) is 5.75 Å². The summed E-state index contributed by atoms with van der Waals surface area (Å²) in [7, 11) is -1.37. The van der Waals surface area contributed by atoms with Gasteiger partial charge in [0.15, 0.2) is 15.6 Å². The molecule has 1 aliphatic rings. The van der Waals surface area contributed by atoms with E-state index < -0.39 is 9.84 Å². The van der Waals surface area contributed by atoms with Crippen molar-refractivity contribution in [2.45, 2.75) is 24.6 Å². The molecule has 0 aromatic carbocycles. The van der Waals surface area contributed by atoms with Gasteiger partial charge in [-0.25, -0.2) is 8.42 Å². The highest BCUT2D eigenvalue weighted by molar-refractivity contribution is 9.10. The van der Waals surface area contributed by atoms with Gasteiger partial charge in [-0.15, -0.1) is 0 Å². The SMILES string of the molecule is COc1cnn(CC2CCCS2(=O)=O)c1Br. The lowest BCUT2D eigenvalue weighted by Gasteiger charge is -2.10. The van der Waals surface area contributed by atoms with E-state index in [0.29, 0.717) is 22.7 Å². The Morgan fingerprint density at radius 2 is 2.44 bits per heavy atom. The molecule has 0 aliphatic carbocycles. The number of methoxy groups -OCH3 is 1.